The average Bonchev–Trinajstić information content (AvgIpc) is 2.08. The number of ketones is 1. The minimum absolute atomic E-state index is 0.129. The Morgan fingerprint density at radius 3 is 2.71 bits per heavy atom. The zero-order valence-corrected chi connectivity index (χ0v) is 9.82. The van der Waals surface area contributed by atoms with Gasteiger partial charge in [-0.25, -0.2) is 4.39 Å². The highest BCUT2D eigenvalue weighted by molar-refractivity contribution is 9.10. The minimum Gasteiger partial charge on any atom is -0.300 e. The van der Waals surface area contributed by atoms with Gasteiger partial charge in [-0.05, 0) is 43.5 Å². The molecule has 0 atom stereocenters. The average molecular weight is 259 g/mol. The quantitative estimate of drug-likeness (QED) is 0.812. The Kier molecular flexibility index (Phi) is 3.81. The lowest BCUT2D eigenvalue weighted by Crippen LogP contribution is -1.98. The summed E-state index contributed by atoms with van der Waals surface area (Å²) in [5, 5.41) is 0. The summed E-state index contributed by atoms with van der Waals surface area (Å²) in [6.45, 7) is 3.28. The molecule has 0 heterocycles. The van der Waals surface area contributed by atoms with Crippen molar-refractivity contribution < 1.29 is 9.18 Å². The molecular formula is C11H12BrFO. The largest absolute Gasteiger partial charge is 0.300 e. The van der Waals surface area contributed by atoms with E-state index in [1.165, 1.54) is 6.07 Å². The third-order valence-electron chi connectivity index (χ3n) is 2.16. The monoisotopic (exact) mass is 258 g/mol. The van der Waals surface area contributed by atoms with Gasteiger partial charge < -0.3 is 4.79 Å². The second kappa shape index (κ2) is 4.69. The van der Waals surface area contributed by atoms with E-state index >= 15 is 0 Å². The van der Waals surface area contributed by atoms with E-state index in [1.54, 1.807) is 13.8 Å². The molecule has 0 bridgehead atoms. The Bertz CT molecular complexity index is 361. The fourth-order valence-electron chi connectivity index (χ4n) is 1.27. The van der Waals surface area contributed by atoms with E-state index in [1.807, 2.05) is 6.07 Å². The number of rotatable bonds is 3. The van der Waals surface area contributed by atoms with Gasteiger partial charge in [-0.1, -0.05) is 15.9 Å². The smallest absolute Gasteiger partial charge is 0.130 e. The maximum atomic E-state index is 13.2. The molecule has 0 saturated heterocycles. The fraction of sp³-hybridized carbons (Fsp3) is 0.364. The van der Waals surface area contributed by atoms with Gasteiger partial charge in [0, 0.05) is 10.9 Å². The first-order valence-electron chi connectivity index (χ1n) is 4.44. The van der Waals surface area contributed by atoms with Gasteiger partial charge in [-0.3, -0.25) is 0 Å². The van der Waals surface area contributed by atoms with Crippen LogP contribution in [0, 0.1) is 12.7 Å². The molecule has 0 spiro atoms. The normalized spacial score (nSPS) is 10.3. The Balaban J connectivity index is 2.90. The molecule has 1 aromatic rings. The first-order chi connectivity index (χ1) is 6.50. The van der Waals surface area contributed by atoms with Crippen molar-refractivity contribution in [2.75, 3.05) is 0 Å². The van der Waals surface area contributed by atoms with Crippen molar-refractivity contribution in [3.8, 4) is 0 Å². The standard InChI is InChI=1S/C11H12BrFO/c1-7(14)3-4-9-5-10(12)6-11(13)8(9)2/h5-6H,3-4H2,1-2H3. The molecule has 0 radical (unpaired) electrons. The SMILES string of the molecule is CC(=O)CCc1cc(Br)cc(F)c1C. The number of benzene rings is 1. The topological polar surface area (TPSA) is 17.1 Å². The minimum atomic E-state index is -0.224. The van der Waals surface area contributed by atoms with Crippen molar-refractivity contribution in [1.29, 1.82) is 0 Å². The zero-order chi connectivity index (χ0) is 10.7. The van der Waals surface area contributed by atoms with Crippen LogP contribution in [0.4, 0.5) is 4.39 Å². The molecule has 0 fully saturated rings. The maximum Gasteiger partial charge on any atom is 0.130 e. The molecule has 1 nitrogen and oxygen atoms in total. The van der Waals surface area contributed by atoms with Gasteiger partial charge >= 0.3 is 0 Å². The van der Waals surface area contributed by atoms with Gasteiger partial charge in [0.15, 0.2) is 0 Å². The van der Waals surface area contributed by atoms with Crippen molar-refractivity contribution in [2.24, 2.45) is 0 Å². The molecule has 0 N–H and O–H groups in total. The van der Waals surface area contributed by atoms with Crippen LogP contribution in [-0.2, 0) is 11.2 Å². The van der Waals surface area contributed by atoms with Crippen LogP contribution in [-0.4, -0.2) is 5.78 Å². The van der Waals surface area contributed by atoms with E-state index in [9.17, 15) is 9.18 Å². The summed E-state index contributed by atoms with van der Waals surface area (Å²) in [6.07, 6.45) is 1.08. The highest BCUT2D eigenvalue weighted by atomic mass is 79.9. The van der Waals surface area contributed by atoms with Crippen LogP contribution in [0.3, 0.4) is 0 Å². The van der Waals surface area contributed by atoms with Crippen LogP contribution >= 0.6 is 15.9 Å². The van der Waals surface area contributed by atoms with Crippen LogP contribution in [0.15, 0.2) is 16.6 Å². The predicted molar refractivity (Wildman–Crippen MR) is 57.8 cm³/mol. The summed E-state index contributed by atoms with van der Waals surface area (Å²) in [6, 6.07) is 3.30. The van der Waals surface area contributed by atoms with Crippen LogP contribution in [0.25, 0.3) is 0 Å². The van der Waals surface area contributed by atoms with Gasteiger partial charge in [-0.2, -0.15) is 0 Å². The van der Waals surface area contributed by atoms with Gasteiger partial charge in [0.1, 0.15) is 11.6 Å². The van der Waals surface area contributed by atoms with Crippen molar-refractivity contribution in [3.63, 3.8) is 0 Å². The lowest BCUT2D eigenvalue weighted by Gasteiger charge is -2.06. The third-order valence-corrected chi connectivity index (χ3v) is 2.62. The van der Waals surface area contributed by atoms with Crippen LogP contribution in [0.2, 0.25) is 0 Å². The summed E-state index contributed by atoms with van der Waals surface area (Å²) < 4.78 is 14.0. The molecule has 0 saturated carbocycles. The van der Waals surface area contributed by atoms with Crippen molar-refractivity contribution in [1.82, 2.24) is 0 Å². The summed E-state index contributed by atoms with van der Waals surface area (Å²) >= 11 is 3.23. The number of Topliss-reactive ketones (excluding diaryl/α,β-unsaturated/α-hetero) is 1. The van der Waals surface area contributed by atoms with Crippen molar-refractivity contribution in [2.45, 2.75) is 26.7 Å². The number of aryl methyl sites for hydroxylation is 1. The lowest BCUT2D eigenvalue weighted by atomic mass is 10.0. The highest BCUT2D eigenvalue weighted by Gasteiger charge is 2.06. The van der Waals surface area contributed by atoms with Gasteiger partial charge in [-0.15, -0.1) is 0 Å². The fourth-order valence-corrected chi connectivity index (χ4v) is 1.75. The Morgan fingerprint density at radius 1 is 1.50 bits per heavy atom. The van der Waals surface area contributed by atoms with E-state index in [0.29, 0.717) is 18.4 Å². The lowest BCUT2D eigenvalue weighted by molar-refractivity contribution is -0.116. The molecule has 0 aliphatic carbocycles. The van der Waals surface area contributed by atoms with E-state index in [-0.39, 0.29) is 11.6 Å². The Hall–Kier alpha value is -0.700. The van der Waals surface area contributed by atoms with E-state index in [0.717, 1.165) is 10.0 Å². The molecule has 3 heteroatoms. The second-order valence-electron chi connectivity index (χ2n) is 3.37. The van der Waals surface area contributed by atoms with Gasteiger partial charge in [0.2, 0.25) is 0 Å². The first-order valence-corrected chi connectivity index (χ1v) is 5.24. The van der Waals surface area contributed by atoms with E-state index in [4.69, 9.17) is 0 Å². The van der Waals surface area contributed by atoms with E-state index < -0.39 is 0 Å². The molecule has 76 valence electrons. The Morgan fingerprint density at radius 2 is 2.14 bits per heavy atom. The van der Waals surface area contributed by atoms with Gasteiger partial charge in [0.25, 0.3) is 0 Å². The summed E-state index contributed by atoms with van der Waals surface area (Å²) in [4.78, 5) is 10.8. The highest BCUT2D eigenvalue weighted by Crippen LogP contribution is 2.20. The predicted octanol–water partition coefficient (Wildman–Crippen LogP) is 3.42. The number of hydrogen-bond acceptors (Lipinski definition) is 1. The van der Waals surface area contributed by atoms with Crippen LogP contribution < -0.4 is 0 Å². The van der Waals surface area contributed by atoms with Crippen molar-refractivity contribution >= 4 is 21.7 Å². The summed E-state index contributed by atoms with van der Waals surface area (Å²) in [7, 11) is 0. The van der Waals surface area contributed by atoms with Crippen LogP contribution in [0.1, 0.15) is 24.5 Å². The maximum absolute atomic E-state index is 13.2. The Labute approximate surface area is 91.5 Å². The molecule has 14 heavy (non-hydrogen) atoms. The zero-order valence-electron chi connectivity index (χ0n) is 8.23. The molecule has 0 unspecified atom stereocenters. The number of carbonyl (C=O) groups is 1. The van der Waals surface area contributed by atoms with Crippen LogP contribution in [0.5, 0.6) is 0 Å². The summed E-state index contributed by atoms with van der Waals surface area (Å²) in [5.41, 5.74) is 1.53. The number of halogens is 2. The van der Waals surface area contributed by atoms with Gasteiger partial charge in [0.05, 0.1) is 0 Å². The molecule has 0 amide bonds. The second-order valence-corrected chi connectivity index (χ2v) is 4.29. The first kappa shape index (κ1) is 11.4. The number of hydrogen-bond donors (Lipinski definition) is 0. The third kappa shape index (κ3) is 2.91. The summed E-state index contributed by atoms with van der Waals surface area (Å²) in [5.74, 6) is -0.0947. The number of carbonyl (C=O) groups excluding carboxylic acids is 1. The molecule has 1 rings (SSSR count). The van der Waals surface area contributed by atoms with E-state index in [2.05, 4.69) is 15.9 Å². The van der Waals surface area contributed by atoms with Crippen molar-refractivity contribution in [3.05, 3.63) is 33.5 Å². The molecule has 0 aromatic heterocycles. The molecule has 0 aliphatic rings. The molecule has 0 aliphatic heterocycles. The molecule has 1 aromatic carbocycles. The molecular weight excluding hydrogens is 247 g/mol.